The zero-order chi connectivity index (χ0) is 10.9. The van der Waals surface area contributed by atoms with Crippen LogP contribution >= 0.6 is 11.6 Å². The zero-order valence-corrected chi connectivity index (χ0v) is 9.17. The van der Waals surface area contributed by atoms with Crippen LogP contribution in [0.25, 0.3) is 0 Å². The summed E-state index contributed by atoms with van der Waals surface area (Å²) < 4.78 is 4.96. The summed E-state index contributed by atoms with van der Waals surface area (Å²) in [6, 6.07) is 7.50. The fourth-order valence-electron chi connectivity index (χ4n) is 1.79. The van der Waals surface area contributed by atoms with Crippen molar-refractivity contribution in [2.75, 3.05) is 6.61 Å². The van der Waals surface area contributed by atoms with Crippen LogP contribution < -0.4 is 5.32 Å². The minimum Gasteiger partial charge on any atom is -0.447 e. The van der Waals surface area contributed by atoms with E-state index in [0.29, 0.717) is 11.6 Å². The van der Waals surface area contributed by atoms with Gasteiger partial charge < -0.3 is 10.1 Å². The van der Waals surface area contributed by atoms with Gasteiger partial charge in [0.05, 0.1) is 0 Å². The third kappa shape index (κ3) is 1.79. The molecule has 1 heterocycles. The van der Waals surface area contributed by atoms with Gasteiger partial charge in [-0.1, -0.05) is 30.7 Å². The number of benzene rings is 1. The standard InChI is InChI=1S/C11H12ClNO2/c1-2-11(7-15-10(14)13-11)8-4-3-5-9(12)6-8/h3-6H,2,7H2,1H3,(H,13,14). The van der Waals surface area contributed by atoms with E-state index in [-0.39, 0.29) is 6.09 Å². The van der Waals surface area contributed by atoms with Crippen LogP contribution in [0.1, 0.15) is 18.9 Å². The molecule has 0 saturated carbocycles. The number of hydrogen-bond donors (Lipinski definition) is 1. The second-order valence-corrected chi connectivity index (χ2v) is 4.08. The number of nitrogens with one attached hydrogen (secondary N) is 1. The van der Waals surface area contributed by atoms with Crippen LogP contribution in [0.5, 0.6) is 0 Å². The molecule has 80 valence electrons. The predicted molar refractivity (Wildman–Crippen MR) is 57.9 cm³/mol. The van der Waals surface area contributed by atoms with E-state index in [2.05, 4.69) is 5.32 Å². The first-order valence-corrected chi connectivity index (χ1v) is 5.25. The lowest BCUT2D eigenvalue weighted by atomic mass is 9.89. The Bertz CT molecular complexity index is 394. The van der Waals surface area contributed by atoms with Crippen LogP contribution in [0.2, 0.25) is 5.02 Å². The van der Waals surface area contributed by atoms with E-state index in [1.54, 1.807) is 0 Å². The number of carbonyl (C=O) groups is 1. The fraction of sp³-hybridized carbons (Fsp3) is 0.364. The smallest absolute Gasteiger partial charge is 0.408 e. The van der Waals surface area contributed by atoms with Gasteiger partial charge in [-0.15, -0.1) is 0 Å². The number of alkyl carbamates (subject to hydrolysis) is 1. The van der Waals surface area contributed by atoms with E-state index >= 15 is 0 Å². The number of halogens is 1. The van der Waals surface area contributed by atoms with E-state index in [1.807, 2.05) is 31.2 Å². The third-order valence-electron chi connectivity index (χ3n) is 2.77. The summed E-state index contributed by atoms with van der Waals surface area (Å²) in [5.74, 6) is 0. The molecule has 1 saturated heterocycles. The Hall–Kier alpha value is -1.22. The molecule has 1 aromatic rings. The van der Waals surface area contributed by atoms with Gasteiger partial charge in [0.1, 0.15) is 12.1 Å². The summed E-state index contributed by atoms with van der Waals surface area (Å²) in [5.41, 5.74) is 0.575. The highest BCUT2D eigenvalue weighted by Gasteiger charge is 2.39. The molecule has 0 aromatic heterocycles. The molecule has 0 spiro atoms. The van der Waals surface area contributed by atoms with Crippen molar-refractivity contribution in [1.82, 2.24) is 5.32 Å². The first kappa shape index (κ1) is 10.3. The van der Waals surface area contributed by atoms with Crippen molar-refractivity contribution in [1.29, 1.82) is 0 Å². The summed E-state index contributed by atoms with van der Waals surface area (Å²) in [7, 11) is 0. The van der Waals surface area contributed by atoms with Crippen molar-refractivity contribution in [3.8, 4) is 0 Å². The van der Waals surface area contributed by atoms with Crippen molar-refractivity contribution < 1.29 is 9.53 Å². The molecule has 0 aliphatic carbocycles. The van der Waals surface area contributed by atoms with E-state index < -0.39 is 5.54 Å². The molecule has 2 rings (SSSR count). The number of rotatable bonds is 2. The Morgan fingerprint density at radius 3 is 2.93 bits per heavy atom. The molecule has 4 heteroatoms. The van der Waals surface area contributed by atoms with E-state index in [4.69, 9.17) is 16.3 Å². The van der Waals surface area contributed by atoms with Gasteiger partial charge in [0, 0.05) is 5.02 Å². The first-order chi connectivity index (χ1) is 7.16. The van der Waals surface area contributed by atoms with E-state index in [1.165, 1.54) is 0 Å². The lowest BCUT2D eigenvalue weighted by Gasteiger charge is -2.25. The molecule has 1 unspecified atom stereocenters. The van der Waals surface area contributed by atoms with Crippen molar-refractivity contribution >= 4 is 17.7 Å². The van der Waals surface area contributed by atoms with Crippen LogP contribution in [-0.2, 0) is 10.3 Å². The highest BCUT2D eigenvalue weighted by molar-refractivity contribution is 6.30. The molecule has 1 N–H and O–H groups in total. The topological polar surface area (TPSA) is 38.3 Å². The molecule has 1 aliphatic heterocycles. The van der Waals surface area contributed by atoms with Gasteiger partial charge in [-0.2, -0.15) is 0 Å². The van der Waals surface area contributed by atoms with Crippen LogP contribution in [0, 0.1) is 0 Å². The van der Waals surface area contributed by atoms with Gasteiger partial charge in [-0.25, -0.2) is 4.79 Å². The number of amides is 1. The van der Waals surface area contributed by atoms with Crippen molar-refractivity contribution in [3.63, 3.8) is 0 Å². The second kappa shape index (κ2) is 3.74. The maximum Gasteiger partial charge on any atom is 0.408 e. The number of hydrogen-bond acceptors (Lipinski definition) is 2. The van der Waals surface area contributed by atoms with Gasteiger partial charge in [-0.3, -0.25) is 0 Å². The lowest BCUT2D eigenvalue weighted by molar-refractivity contribution is 0.171. The van der Waals surface area contributed by atoms with Gasteiger partial charge in [0.15, 0.2) is 0 Å². The van der Waals surface area contributed by atoms with Crippen LogP contribution in [0.15, 0.2) is 24.3 Å². The Morgan fingerprint density at radius 2 is 2.40 bits per heavy atom. The maximum absolute atomic E-state index is 11.1. The number of carbonyl (C=O) groups excluding carboxylic acids is 1. The van der Waals surface area contributed by atoms with E-state index in [9.17, 15) is 4.79 Å². The molecule has 3 nitrogen and oxygen atoms in total. The summed E-state index contributed by atoms with van der Waals surface area (Å²) in [5, 5.41) is 3.51. The SMILES string of the molecule is CCC1(c2cccc(Cl)c2)COC(=O)N1. The third-order valence-corrected chi connectivity index (χ3v) is 3.01. The predicted octanol–water partition coefficient (Wildman–Crippen LogP) is 2.69. The minimum atomic E-state index is -0.415. The largest absolute Gasteiger partial charge is 0.447 e. The summed E-state index contributed by atoms with van der Waals surface area (Å²) in [6.07, 6.45) is 0.413. The zero-order valence-electron chi connectivity index (χ0n) is 8.42. The van der Waals surface area contributed by atoms with Crippen LogP contribution in [-0.4, -0.2) is 12.7 Å². The molecular formula is C11H12ClNO2. The minimum absolute atomic E-state index is 0.364. The molecule has 1 amide bonds. The van der Waals surface area contributed by atoms with E-state index in [0.717, 1.165) is 12.0 Å². The van der Waals surface area contributed by atoms with Gasteiger partial charge in [0.2, 0.25) is 0 Å². The molecule has 1 aromatic carbocycles. The van der Waals surface area contributed by atoms with Crippen LogP contribution in [0.3, 0.4) is 0 Å². The molecular weight excluding hydrogens is 214 g/mol. The average Bonchev–Trinajstić information content (AvgIpc) is 2.61. The quantitative estimate of drug-likeness (QED) is 0.841. The molecule has 15 heavy (non-hydrogen) atoms. The lowest BCUT2D eigenvalue weighted by Crippen LogP contribution is -2.39. The highest BCUT2D eigenvalue weighted by Crippen LogP contribution is 2.30. The van der Waals surface area contributed by atoms with Gasteiger partial charge >= 0.3 is 6.09 Å². The van der Waals surface area contributed by atoms with Gasteiger partial charge in [0.25, 0.3) is 0 Å². The van der Waals surface area contributed by atoms with Crippen LogP contribution in [0.4, 0.5) is 4.79 Å². The maximum atomic E-state index is 11.1. The normalized spacial score (nSPS) is 24.8. The molecule has 1 atom stereocenters. The molecule has 1 aliphatic rings. The fourth-order valence-corrected chi connectivity index (χ4v) is 1.98. The highest BCUT2D eigenvalue weighted by atomic mass is 35.5. The Labute approximate surface area is 93.4 Å². The Kier molecular flexibility index (Phi) is 2.57. The first-order valence-electron chi connectivity index (χ1n) is 4.87. The molecule has 1 fully saturated rings. The summed E-state index contributed by atoms with van der Waals surface area (Å²) in [4.78, 5) is 11.1. The monoisotopic (exact) mass is 225 g/mol. The van der Waals surface area contributed by atoms with Crippen molar-refractivity contribution in [2.24, 2.45) is 0 Å². The Balaban J connectivity index is 2.38. The molecule has 0 radical (unpaired) electrons. The van der Waals surface area contributed by atoms with Crippen molar-refractivity contribution in [3.05, 3.63) is 34.9 Å². The number of cyclic esters (lactones) is 1. The summed E-state index contributed by atoms with van der Waals surface area (Å²) in [6.45, 7) is 2.37. The Morgan fingerprint density at radius 1 is 1.60 bits per heavy atom. The average molecular weight is 226 g/mol. The van der Waals surface area contributed by atoms with Gasteiger partial charge in [-0.05, 0) is 24.1 Å². The van der Waals surface area contributed by atoms with Crippen molar-refractivity contribution in [2.45, 2.75) is 18.9 Å². The summed E-state index contributed by atoms with van der Waals surface area (Å²) >= 11 is 5.93. The number of ether oxygens (including phenoxy) is 1. The molecule has 0 bridgehead atoms. The second-order valence-electron chi connectivity index (χ2n) is 3.65.